The van der Waals surface area contributed by atoms with Crippen LogP contribution in [0.2, 0.25) is 0 Å². The molecule has 0 saturated carbocycles. The fraction of sp³-hybridized carbons (Fsp3) is 0.125. The van der Waals surface area contributed by atoms with E-state index in [1.165, 1.54) is 24.4 Å². The summed E-state index contributed by atoms with van der Waals surface area (Å²) in [6.45, 7) is 2.40. The Morgan fingerprint density at radius 2 is 1.80 bits per heavy atom. The summed E-state index contributed by atoms with van der Waals surface area (Å²) in [6, 6.07) is 15.3. The number of fused-ring (bicyclic) bond motifs is 1. The number of rotatable bonds is 7. The van der Waals surface area contributed by atoms with Gasteiger partial charge in [-0.3, -0.25) is 9.54 Å². The number of nitrogens with two attached hydrogens (primary N) is 1. The van der Waals surface area contributed by atoms with Crippen molar-refractivity contribution < 1.29 is 22.1 Å². The van der Waals surface area contributed by atoms with Crippen molar-refractivity contribution in [3.05, 3.63) is 72.7 Å². The fourth-order valence-corrected chi connectivity index (χ4v) is 4.12. The molecule has 3 N–H and O–H groups in total. The Hall–Kier alpha value is -2.89. The van der Waals surface area contributed by atoms with Gasteiger partial charge in [-0.15, -0.1) is 10.2 Å². The Morgan fingerprint density at radius 3 is 2.46 bits per heavy atom. The number of hydrogen-bond acceptors (Lipinski definition) is 7. The summed E-state index contributed by atoms with van der Waals surface area (Å²) >= 11 is 0. The topological polar surface area (TPSA) is 127 Å². The zero-order chi connectivity index (χ0) is 24.3. The van der Waals surface area contributed by atoms with E-state index in [-0.39, 0.29) is 51.2 Å². The second kappa shape index (κ2) is 11.2. The van der Waals surface area contributed by atoms with Crippen molar-refractivity contribution in [2.24, 2.45) is 10.2 Å². The second-order valence-electron chi connectivity index (χ2n) is 7.42. The Balaban J connectivity index is 0.00000342. The number of anilines is 1. The monoisotopic (exact) mass is 504 g/mol. The van der Waals surface area contributed by atoms with Gasteiger partial charge in [-0.05, 0) is 36.8 Å². The molecule has 0 aliphatic heterocycles. The Bertz CT molecular complexity index is 1500. The van der Waals surface area contributed by atoms with Gasteiger partial charge in [-0.2, -0.15) is 8.42 Å². The number of nitrogen functional groups attached to an aromatic ring is 1. The van der Waals surface area contributed by atoms with Gasteiger partial charge >= 0.3 is 29.6 Å². The minimum atomic E-state index is -4.51. The summed E-state index contributed by atoms with van der Waals surface area (Å²) in [6.07, 6.45) is 2.24. The van der Waals surface area contributed by atoms with Gasteiger partial charge in [0.2, 0.25) is 0 Å². The van der Waals surface area contributed by atoms with Gasteiger partial charge in [0.15, 0.2) is 0 Å². The van der Waals surface area contributed by atoms with Crippen LogP contribution in [-0.2, 0) is 10.1 Å². The zero-order valence-electron chi connectivity index (χ0n) is 18.1. The number of pyridine rings is 1. The summed E-state index contributed by atoms with van der Waals surface area (Å²) < 4.78 is 52.7. The molecule has 1 aromatic heterocycles. The SMILES string of the molecule is CCCOc1cc(F)ccc1-c1ccc(N=Nc2cc(S(=O)(=O)O)c3ccccc3c2N)cn1.[NaH]. The van der Waals surface area contributed by atoms with E-state index in [0.717, 1.165) is 6.42 Å². The predicted molar refractivity (Wildman–Crippen MR) is 135 cm³/mol. The van der Waals surface area contributed by atoms with Crippen LogP contribution in [0.4, 0.5) is 21.5 Å². The first-order chi connectivity index (χ1) is 16.3. The Kier molecular flexibility index (Phi) is 8.57. The fourth-order valence-electron chi connectivity index (χ4n) is 3.40. The molecule has 0 aliphatic carbocycles. The van der Waals surface area contributed by atoms with E-state index in [1.54, 1.807) is 42.5 Å². The predicted octanol–water partition coefficient (Wildman–Crippen LogP) is 5.43. The summed E-state index contributed by atoms with van der Waals surface area (Å²) in [5.41, 5.74) is 8.05. The van der Waals surface area contributed by atoms with Crippen molar-refractivity contribution in [1.82, 2.24) is 4.98 Å². The second-order valence-corrected chi connectivity index (χ2v) is 8.81. The molecule has 0 atom stereocenters. The molecule has 0 unspecified atom stereocenters. The molecule has 0 bridgehead atoms. The summed E-state index contributed by atoms with van der Waals surface area (Å²) in [7, 11) is -4.51. The third kappa shape index (κ3) is 6.03. The molecule has 3 aromatic carbocycles. The average molecular weight is 505 g/mol. The van der Waals surface area contributed by atoms with Crippen molar-refractivity contribution >= 4 is 67.5 Å². The van der Waals surface area contributed by atoms with Crippen LogP contribution in [0.25, 0.3) is 22.0 Å². The molecule has 0 aliphatic rings. The molecule has 0 fully saturated rings. The van der Waals surface area contributed by atoms with Gasteiger partial charge in [0.25, 0.3) is 10.1 Å². The van der Waals surface area contributed by atoms with E-state index >= 15 is 0 Å². The summed E-state index contributed by atoms with van der Waals surface area (Å²) in [4.78, 5) is 4.06. The van der Waals surface area contributed by atoms with Gasteiger partial charge in [0.05, 0.1) is 24.2 Å². The average Bonchev–Trinajstić information content (AvgIpc) is 2.82. The molecule has 1 heterocycles. The van der Waals surface area contributed by atoms with Crippen molar-refractivity contribution in [2.45, 2.75) is 18.2 Å². The van der Waals surface area contributed by atoms with Crippen molar-refractivity contribution in [2.75, 3.05) is 12.3 Å². The molecule has 0 amide bonds. The zero-order valence-corrected chi connectivity index (χ0v) is 19.0. The van der Waals surface area contributed by atoms with Gasteiger partial charge in [-0.25, -0.2) is 4.39 Å². The van der Waals surface area contributed by atoms with E-state index in [9.17, 15) is 17.4 Å². The number of nitrogens with zero attached hydrogens (tertiary/aromatic N) is 3. The van der Waals surface area contributed by atoms with E-state index in [2.05, 4.69) is 15.2 Å². The van der Waals surface area contributed by atoms with Crippen LogP contribution in [0, 0.1) is 5.82 Å². The molecule has 176 valence electrons. The molecule has 35 heavy (non-hydrogen) atoms. The van der Waals surface area contributed by atoms with Crippen molar-refractivity contribution in [3.63, 3.8) is 0 Å². The van der Waals surface area contributed by atoms with Crippen LogP contribution in [-0.4, -0.2) is 54.1 Å². The molecule has 4 aromatic rings. The van der Waals surface area contributed by atoms with E-state index in [0.29, 0.717) is 34.7 Å². The van der Waals surface area contributed by atoms with Crippen LogP contribution in [0.1, 0.15) is 13.3 Å². The number of azo groups is 1. The molecule has 11 heteroatoms. The number of aromatic nitrogens is 1. The maximum absolute atomic E-state index is 13.7. The molecular formula is C24H22FN4NaO4S. The summed E-state index contributed by atoms with van der Waals surface area (Å²) in [5.74, 6) is -0.0112. The van der Waals surface area contributed by atoms with Crippen LogP contribution < -0.4 is 10.5 Å². The quantitative estimate of drug-likeness (QED) is 0.150. The van der Waals surface area contributed by atoms with Crippen LogP contribution in [0.3, 0.4) is 0 Å². The van der Waals surface area contributed by atoms with Gasteiger partial charge in [0, 0.05) is 22.4 Å². The van der Waals surface area contributed by atoms with Gasteiger partial charge in [-0.1, -0.05) is 31.2 Å². The van der Waals surface area contributed by atoms with Gasteiger partial charge in [0.1, 0.15) is 27.8 Å². The van der Waals surface area contributed by atoms with Crippen LogP contribution in [0.5, 0.6) is 5.75 Å². The first-order valence-electron chi connectivity index (χ1n) is 10.4. The normalized spacial score (nSPS) is 11.5. The van der Waals surface area contributed by atoms with Gasteiger partial charge < -0.3 is 10.5 Å². The van der Waals surface area contributed by atoms with E-state index in [1.807, 2.05) is 6.92 Å². The van der Waals surface area contributed by atoms with Crippen molar-refractivity contribution in [1.29, 1.82) is 0 Å². The number of hydrogen-bond donors (Lipinski definition) is 2. The summed E-state index contributed by atoms with van der Waals surface area (Å²) in [5, 5.41) is 8.90. The third-order valence-corrected chi connectivity index (χ3v) is 5.90. The van der Waals surface area contributed by atoms with Crippen LogP contribution in [0.15, 0.2) is 82.0 Å². The minimum absolute atomic E-state index is 0. The Morgan fingerprint density at radius 1 is 1.06 bits per heavy atom. The number of ether oxygens (including phenoxy) is 1. The van der Waals surface area contributed by atoms with Crippen LogP contribution >= 0.6 is 0 Å². The number of benzene rings is 3. The molecule has 4 rings (SSSR count). The third-order valence-electron chi connectivity index (χ3n) is 5.01. The molecule has 0 saturated heterocycles. The molecule has 0 spiro atoms. The van der Waals surface area contributed by atoms with E-state index < -0.39 is 15.9 Å². The Labute approximate surface area is 224 Å². The standard InChI is InChI=1S/C24H21FN4O4S.Na.H/c1-2-11-33-22-12-15(25)7-9-19(22)20-10-8-16(14-27-20)28-29-21-13-23(34(30,31)32)17-5-3-4-6-18(17)24(21)26;;/h3-10,12-14H,2,11,26H2,1H3,(H,30,31,32);;. The number of halogens is 1. The maximum atomic E-state index is 13.7. The molecular weight excluding hydrogens is 482 g/mol. The molecule has 0 radical (unpaired) electrons. The van der Waals surface area contributed by atoms with Crippen molar-refractivity contribution in [3.8, 4) is 17.0 Å². The first kappa shape index (κ1) is 26.7. The molecule has 8 nitrogen and oxygen atoms in total. The first-order valence-corrected chi connectivity index (χ1v) is 11.8. The van der Waals surface area contributed by atoms with E-state index in [4.69, 9.17) is 10.5 Å².